The van der Waals surface area contributed by atoms with E-state index in [4.69, 9.17) is 11.6 Å². The van der Waals surface area contributed by atoms with E-state index in [1.165, 1.54) is 18.2 Å². The molecular formula is C7H5ClN2O3S. The highest BCUT2D eigenvalue weighted by Crippen LogP contribution is 2.31. The number of para-hydroxylation sites is 1. The van der Waals surface area contributed by atoms with Gasteiger partial charge < -0.3 is 5.32 Å². The molecule has 0 atom stereocenters. The predicted octanol–water partition coefficient (Wildman–Crippen LogP) is 1.16. The molecule has 0 radical (unpaired) electrons. The van der Waals surface area contributed by atoms with Crippen molar-refractivity contribution in [3.8, 4) is 0 Å². The Morgan fingerprint density at radius 2 is 2.00 bits per heavy atom. The molecule has 0 fully saturated rings. The van der Waals surface area contributed by atoms with Gasteiger partial charge in [0.1, 0.15) is 4.90 Å². The van der Waals surface area contributed by atoms with Crippen LogP contribution in [0.25, 0.3) is 0 Å². The number of hydrogen-bond donors (Lipinski definition) is 2. The summed E-state index contributed by atoms with van der Waals surface area (Å²) < 4.78 is 24.6. The Kier molecular flexibility index (Phi) is 1.90. The van der Waals surface area contributed by atoms with E-state index in [0.29, 0.717) is 0 Å². The molecule has 1 aromatic rings. The van der Waals surface area contributed by atoms with Crippen LogP contribution in [0.15, 0.2) is 23.1 Å². The van der Waals surface area contributed by atoms with Crippen molar-refractivity contribution in [3.63, 3.8) is 0 Å². The Balaban J connectivity index is 2.76. The zero-order chi connectivity index (χ0) is 10.3. The summed E-state index contributed by atoms with van der Waals surface area (Å²) in [6, 6.07) is 3.56. The predicted molar refractivity (Wildman–Crippen MR) is 50.8 cm³/mol. The van der Waals surface area contributed by atoms with E-state index < -0.39 is 16.1 Å². The number of carbonyl (C=O) groups excluding carboxylic acids is 1. The molecule has 2 rings (SSSR count). The number of anilines is 1. The maximum atomic E-state index is 11.4. The second-order valence-electron chi connectivity index (χ2n) is 2.67. The van der Waals surface area contributed by atoms with Gasteiger partial charge in [-0.3, -0.25) is 0 Å². The summed E-state index contributed by atoms with van der Waals surface area (Å²) in [7, 11) is -3.76. The summed E-state index contributed by atoms with van der Waals surface area (Å²) >= 11 is 5.73. The number of sulfonamides is 1. The Morgan fingerprint density at radius 1 is 1.29 bits per heavy atom. The number of benzene rings is 1. The van der Waals surface area contributed by atoms with Crippen LogP contribution in [0.1, 0.15) is 0 Å². The maximum absolute atomic E-state index is 11.4. The van der Waals surface area contributed by atoms with Gasteiger partial charge in [0.2, 0.25) is 0 Å². The van der Waals surface area contributed by atoms with E-state index >= 15 is 0 Å². The van der Waals surface area contributed by atoms with E-state index in [1.807, 2.05) is 0 Å². The molecule has 0 aliphatic carbocycles. The molecule has 1 aliphatic rings. The fourth-order valence-electron chi connectivity index (χ4n) is 1.17. The van der Waals surface area contributed by atoms with Gasteiger partial charge in [-0.1, -0.05) is 17.7 Å². The van der Waals surface area contributed by atoms with Crippen molar-refractivity contribution in [3.05, 3.63) is 23.2 Å². The first-order chi connectivity index (χ1) is 6.50. The van der Waals surface area contributed by atoms with E-state index in [9.17, 15) is 13.2 Å². The molecule has 2 N–H and O–H groups in total. The van der Waals surface area contributed by atoms with Gasteiger partial charge in [-0.05, 0) is 12.1 Å². The Labute approximate surface area is 85.1 Å². The van der Waals surface area contributed by atoms with Crippen LogP contribution in [0, 0.1) is 0 Å². The van der Waals surface area contributed by atoms with Gasteiger partial charge in [0.15, 0.2) is 0 Å². The van der Waals surface area contributed by atoms with E-state index in [-0.39, 0.29) is 15.6 Å². The molecule has 1 aliphatic heterocycles. The van der Waals surface area contributed by atoms with Crippen molar-refractivity contribution in [1.82, 2.24) is 4.72 Å². The van der Waals surface area contributed by atoms with Gasteiger partial charge in [-0.2, -0.15) is 0 Å². The standard InChI is InChI=1S/C7H5ClN2O3S/c8-4-2-1-3-5-6(4)9-7(11)10-14(5,12)13/h1-3H,(H2,9,10,11). The summed E-state index contributed by atoms with van der Waals surface area (Å²) in [6.45, 7) is 0. The van der Waals surface area contributed by atoms with Crippen molar-refractivity contribution >= 4 is 33.3 Å². The minimum Gasteiger partial charge on any atom is -0.304 e. The summed E-state index contributed by atoms with van der Waals surface area (Å²) in [5, 5.41) is 2.52. The maximum Gasteiger partial charge on any atom is 0.333 e. The van der Waals surface area contributed by atoms with Crippen molar-refractivity contribution in [2.45, 2.75) is 4.90 Å². The summed E-state index contributed by atoms with van der Waals surface area (Å²) in [6.07, 6.45) is 0. The number of carbonyl (C=O) groups is 1. The number of nitrogens with one attached hydrogen (secondary N) is 2. The second-order valence-corrected chi connectivity index (χ2v) is 4.73. The van der Waals surface area contributed by atoms with Crippen LogP contribution in [0.4, 0.5) is 10.5 Å². The molecule has 14 heavy (non-hydrogen) atoms. The van der Waals surface area contributed by atoms with Gasteiger partial charge in [0.25, 0.3) is 10.0 Å². The normalized spacial score (nSPS) is 17.9. The molecular weight excluding hydrogens is 228 g/mol. The van der Waals surface area contributed by atoms with Crippen molar-refractivity contribution in [1.29, 1.82) is 0 Å². The molecule has 1 heterocycles. The summed E-state index contributed by atoms with van der Waals surface area (Å²) in [5.74, 6) is 0. The number of hydrogen-bond acceptors (Lipinski definition) is 3. The van der Waals surface area contributed by atoms with E-state index in [0.717, 1.165) is 0 Å². The lowest BCUT2D eigenvalue weighted by Crippen LogP contribution is -2.39. The summed E-state index contributed by atoms with van der Waals surface area (Å²) in [5.41, 5.74) is 0.123. The largest absolute Gasteiger partial charge is 0.333 e. The lowest BCUT2D eigenvalue weighted by Gasteiger charge is -2.18. The molecule has 0 spiro atoms. The van der Waals surface area contributed by atoms with Crippen molar-refractivity contribution < 1.29 is 13.2 Å². The lowest BCUT2D eigenvalue weighted by molar-refractivity contribution is 0.256. The van der Waals surface area contributed by atoms with Gasteiger partial charge >= 0.3 is 6.03 Å². The van der Waals surface area contributed by atoms with Crippen LogP contribution in [0.5, 0.6) is 0 Å². The molecule has 0 bridgehead atoms. The molecule has 7 heteroatoms. The van der Waals surface area contributed by atoms with Gasteiger partial charge in [0.05, 0.1) is 10.7 Å². The topological polar surface area (TPSA) is 75.3 Å². The minimum atomic E-state index is -3.76. The molecule has 74 valence electrons. The highest BCUT2D eigenvalue weighted by Gasteiger charge is 2.28. The number of rotatable bonds is 0. The molecule has 0 saturated heterocycles. The Bertz CT molecular complexity index is 512. The quantitative estimate of drug-likeness (QED) is 0.705. The number of halogens is 1. The zero-order valence-electron chi connectivity index (χ0n) is 6.74. The molecule has 5 nitrogen and oxygen atoms in total. The first-order valence-electron chi connectivity index (χ1n) is 3.63. The number of fused-ring (bicyclic) bond motifs is 1. The van der Waals surface area contributed by atoms with Crippen LogP contribution in [0.2, 0.25) is 5.02 Å². The SMILES string of the molecule is O=C1Nc2c(Cl)cccc2S(=O)(=O)N1. The van der Waals surface area contributed by atoms with Gasteiger partial charge in [0, 0.05) is 0 Å². The Morgan fingerprint density at radius 3 is 2.71 bits per heavy atom. The van der Waals surface area contributed by atoms with Crippen molar-refractivity contribution in [2.24, 2.45) is 0 Å². The van der Waals surface area contributed by atoms with Crippen LogP contribution in [-0.2, 0) is 10.0 Å². The first kappa shape index (κ1) is 9.29. The smallest absolute Gasteiger partial charge is 0.304 e. The number of urea groups is 1. The monoisotopic (exact) mass is 232 g/mol. The third kappa shape index (κ3) is 1.32. The summed E-state index contributed by atoms with van der Waals surface area (Å²) in [4.78, 5) is 10.9. The van der Waals surface area contributed by atoms with Crippen LogP contribution in [-0.4, -0.2) is 14.4 Å². The van der Waals surface area contributed by atoms with Gasteiger partial charge in [-0.25, -0.2) is 17.9 Å². The fourth-order valence-corrected chi connectivity index (χ4v) is 2.54. The third-order valence-corrected chi connectivity index (χ3v) is 3.42. The average molecular weight is 233 g/mol. The van der Waals surface area contributed by atoms with E-state index in [2.05, 4.69) is 5.32 Å². The first-order valence-corrected chi connectivity index (χ1v) is 5.49. The van der Waals surface area contributed by atoms with Crippen LogP contribution < -0.4 is 10.0 Å². The third-order valence-electron chi connectivity index (χ3n) is 1.73. The lowest BCUT2D eigenvalue weighted by atomic mass is 10.3. The van der Waals surface area contributed by atoms with Gasteiger partial charge in [-0.15, -0.1) is 0 Å². The van der Waals surface area contributed by atoms with Crippen LogP contribution >= 0.6 is 11.6 Å². The zero-order valence-corrected chi connectivity index (χ0v) is 8.32. The molecule has 0 saturated carbocycles. The molecule has 2 amide bonds. The molecule has 1 aromatic carbocycles. The second kappa shape index (κ2) is 2.86. The minimum absolute atomic E-state index is 0.0235. The number of amides is 2. The Hall–Kier alpha value is -1.27. The molecule has 0 aromatic heterocycles. The highest BCUT2D eigenvalue weighted by atomic mass is 35.5. The average Bonchev–Trinajstić information content (AvgIpc) is 2.05. The highest BCUT2D eigenvalue weighted by molar-refractivity contribution is 7.90. The van der Waals surface area contributed by atoms with Crippen LogP contribution in [0.3, 0.4) is 0 Å². The van der Waals surface area contributed by atoms with E-state index in [1.54, 1.807) is 4.72 Å². The fraction of sp³-hybridized carbons (Fsp3) is 0. The molecule has 0 unspecified atom stereocenters. The van der Waals surface area contributed by atoms with Crippen molar-refractivity contribution in [2.75, 3.05) is 5.32 Å².